The van der Waals surface area contributed by atoms with Crippen molar-refractivity contribution in [2.45, 2.75) is 39.2 Å². The zero-order valence-corrected chi connectivity index (χ0v) is 14.3. The van der Waals surface area contributed by atoms with E-state index in [-0.39, 0.29) is 11.5 Å². The molecule has 1 heterocycles. The molecule has 0 spiro atoms. The van der Waals surface area contributed by atoms with Crippen LogP contribution < -0.4 is 10.1 Å². The van der Waals surface area contributed by atoms with Gasteiger partial charge in [0.1, 0.15) is 10.8 Å². The zero-order chi connectivity index (χ0) is 15.5. The van der Waals surface area contributed by atoms with Crippen molar-refractivity contribution in [3.05, 3.63) is 45.9 Å². The van der Waals surface area contributed by atoms with Crippen LogP contribution >= 0.6 is 11.3 Å². The van der Waals surface area contributed by atoms with E-state index in [1.54, 1.807) is 11.3 Å². The van der Waals surface area contributed by atoms with Gasteiger partial charge in [-0.15, -0.1) is 11.3 Å². The van der Waals surface area contributed by atoms with E-state index < -0.39 is 0 Å². The number of nitrogens with one attached hydrogen (secondary N) is 1. The minimum absolute atomic E-state index is 0.0637. The van der Waals surface area contributed by atoms with Gasteiger partial charge in [-0.3, -0.25) is 0 Å². The van der Waals surface area contributed by atoms with Crippen LogP contribution in [0.2, 0.25) is 0 Å². The van der Waals surface area contributed by atoms with Crippen LogP contribution in [0.5, 0.6) is 5.75 Å². The summed E-state index contributed by atoms with van der Waals surface area (Å²) >= 11 is 1.70. The van der Waals surface area contributed by atoms with Gasteiger partial charge in [-0.1, -0.05) is 39.0 Å². The second-order valence-electron chi connectivity index (χ2n) is 6.01. The molecule has 1 aromatic carbocycles. The van der Waals surface area contributed by atoms with E-state index in [9.17, 15) is 0 Å². The summed E-state index contributed by atoms with van der Waals surface area (Å²) < 4.78 is 5.75. The first kappa shape index (κ1) is 16.0. The standard InChI is InChI=1S/C17H24N2OS/c1-6-20-13-10-8-7-9-12(13)15(18-5)16-19-14(11-21-16)17(2,3)4/h7-11,15,18H,6H2,1-5H3. The number of thiazole rings is 1. The molecule has 0 aliphatic carbocycles. The van der Waals surface area contributed by atoms with Crippen LogP contribution in [0.1, 0.15) is 50.0 Å². The number of aromatic nitrogens is 1. The van der Waals surface area contributed by atoms with E-state index in [0.717, 1.165) is 22.0 Å². The minimum Gasteiger partial charge on any atom is -0.494 e. The Kier molecular flexibility index (Phi) is 5.01. The molecular formula is C17H24N2OS. The van der Waals surface area contributed by atoms with Crippen molar-refractivity contribution in [1.82, 2.24) is 10.3 Å². The second-order valence-corrected chi connectivity index (χ2v) is 6.90. The first-order chi connectivity index (χ1) is 9.97. The van der Waals surface area contributed by atoms with Crippen LogP contribution in [-0.2, 0) is 5.41 Å². The molecule has 0 fully saturated rings. The largest absolute Gasteiger partial charge is 0.494 e. The highest BCUT2D eigenvalue weighted by molar-refractivity contribution is 7.09. The van der Waals surface area contributed by atoms with Crippen molar-refractivity contribution in [3.63, 3.8) is 0 Å². The van der Waals surface area contributed by atoms with Crippen molar-refractivity contribution in [3.8, 4) is 5.75 Å². The van der Waals surface area contributed by atoms with Crippen LogP contribution in [0.15, 0.2) is 29.6 Å². The van der Waals surface area contributed by atoms with Gasteiger partial charge in [-0.25, -0.2) is 4.98 Å². The van der Waals surface area contributed by atoms with Gasteiger partial charge < -0.3 is 10.1 Å². The summed E-state index contributed by atoms with van der Waals surface area (Å²) in [7, 11) is 1.96. The maximum atomic E-state index is 5.75. The Balaban J connectivity index is 2.38. The van der Waals surface area contributed by atoms with Gasteiger partial charge in [-0.05, 0) is 20.0 Å². The molecule has 114 valence electrons. The number of nitrogens with zero attached hydrogens (tertiary/aromatic N) is 1. The Labute approximate surface area is 131 Å². The number of rotatable bonds is 5. The van der Waals surface area contributed by atoms with Gasteiger partial charge in [0.15, 0.2) is 0 Å². The van der Waals surface area contributed by atoms with Crippen molar-refractivity contribution >= 4 is 11.3 Å². The highest BCUT2D eigenvalue weighted by Crippen LogP contribution is 2.33. The quantitative estimate of drug-likeness (QED) is 0.901. The fourth-order valence-corrected chi connectivity index (χ4v) is 3.35. The van der Waals surface area contributed by atoms with Crippen LogP contribution in [0, 0.1) is 0 Å². The summed E-state index contributed by atoms with van der Waals surface area (Å²) in [6, 6.07) is 8.23. The molecule has 0 saturated carbocycles. The topological polar surface area (TPSA) is 34.1 Å². The molecule has 3 nitrogen and oxygen atoms in total. The second kappa shape index (κ2) is 6.58. The highest BCUT2D eigenvalue weighted by atomic mass is 32.1. The van der Waals surface area contributed by atoms with E-state index >= 15 is 0 Å². The summed E-state index contributed by atoms with van der Waals surface area (Å²) in [5.41, 5.74) is 2.35. The predicted molar refractivity (Wildman–Crippen MR) is 89.3 cm³/mol. The molecular weight excluding hydrogens is 280 g/mol. The monoisotopic (exact) mass is 304 g/mol. The Morgan fingerprint density at radius 1 is 1.29 bits per heavy atom. The minimum atomic E-state index is 0.0637. The number of hydrogen-bond acceptors (Lipinski definition) is 4. The summed E-state index contributed by atoms with van der Waals surface area (Å²) in [5, 5.41) is 6.60. The summed E-state index contributed by atoms with van der Waals surface area (Å²) in [6.45, 7) is 9.24. The van der Waals surface area contributed by atoms with Gasteiger partial charge in [0, 0.05) is 16.4 Å². The fourth-order valence-electron chi connectivity index (χ4n) is 2.18. The summed E-state index contributed by atoms with van der Waals surface area (Å²) in [6.07, 6.45) is 0. The first-order valence-corrected chi connectivity index (χ1v) is 8.20. The molecule has 1 aromatic heterocycles. The normalized spacial score (nSPS) is 13.2. The average Bonchev–Trinajstić information content (AvgIpc) is 2.91. The van der Waals surface area contributed by atoms with Gasteiger partial charge in [0.25, 0.3) is 0 Å². The Morgan fingerprint density at radius 3 is 2.57 bits per heavy atom. The molecule has 1 unspecified atom stereocenters. The number of benzene rings is 1. The summed E-state index contributed by atoms with van der Waals surface area (Å²) in [5.74, 6) is 0.923. The summed E-state index contributed by atoms with van der Waals surface area (Å²) in [4.78, 5) is 4.83. The van der Waals surface area contributed by atoms with Crippen molar-refractivity contribution < 1.29 is 4.74 Å². The third-order valence-electron chi connectivity index (χ3n) is 3.36. The number of para-hydroxylation sites is 1. The molecule has 21 heavy (non-hydrogen) atoms. The number of hydrogen-bond donors (Lipinski definition) is 1. The van der Waals surface area contributed by atoms with E-state index in [2.05, 4.69) is 37.5 Å². The van der Waals surface area contributed by atoms with E-state index in [1.807, 2.05) is 32.2 Å². The maximum Gasteiger partial charge on any atom is 0.124 e. The zero-order valence-electron chi connectivity index (χ0n) is 13.4. The lowest BCUT2D eigenvalue weighted by Gasteiger charge is -2.19. The molecule has 0 bridgehead atoms. The first-order valence-electron chi connectivity index (χ1n) is 7.32. The maximum absolute atomic E-state index is 5.75. The lowest BCUT2D eigenvalue weighted by molar-refractivity contribution is 0.334. The molecule has 4 heteroatoms. The third-order valence-corrected chi connectivity index (χ3v) is 4.27. The molecule has 2 rings (SSSR count). The van der Waals surface area contributed by atoms with Crippen LogP contribution in [0.3, 0.4) is 0 Å². The molecule has 0 aliphatic rings. The third kappa shape index (κ3) is 3.63. The van der Waals surface area contributed by atoms with Gasteiger partial charge >= 0.3 is 0 Å². The SMILES string of the molecule is CCOc1ccccc1C(NC)c1nc(C(C)(C)C)cs1. The van der Waals surface area contributed by atoms with Crippen LogP contribution in [0.4, 0.5) is 0 Å². The Bertz CT molecular complexity index is 586. The van der Waals surface area contributed by atoms with Crippen molar-refractivity contribution in [1.29, 1.82) is 0 Å². The molecule has 0 aliphatic heterocycles. The molecule has 0 saturated heterocycles. The predicted octanol–water partition coefficient (Wildman–Crippen LogP) is 4.15. The van der Waals surface area contributed by atoms with E-state index in [4.69, 9.17) is 9.72 Å². The Hall–Kier alpha value is -1.39. The van der Waals surface area contributed by atoms with Gasteiger partial charge in [0.05, 0.1) is 18.3 Å². The van der Waals surface area contributed by atoms with Crippen LogP contribution in [-0.4, -0.2) is 18.6 Å². The smallest absolute Gasteiger partial charge is 0.124 e. The highest BCUT2D eigenvalue weighted by Gasteiger charge is 2.23. The van der Waals surface area contributed by atoms with Crippen LogP contribution in [0.25, 0.3) is 0 Å². The molecule has 2 aromatic rings. The molecule has 0 amide bonds. The lowest BCUT2D eigenvalue weighted by Crippen LogP contribution is -2.19. The van der Waals surface area contributed by atoms with Gasteiger partial charge in [-0.2, -0.15) is 0 Å². The molecule has 1 atom stereocenters. The average molecular weight is 304 g/mol. The van der Waals surface area contributed by atoms with Crippen molar-refractivity contribution in [2.75, 3.05) is 13.7 Å². The van der Waals surface area contributed by atoms with E-state index in [1.165, 1.54) is 0 Å². The molecule has 1 N–H and O–H groups in total. The fraction of sp³-hybridized carbons (Fsp3) is 0.471. The van der Waals surface area contributed by atoms with Gasteiger partial charge in [0.2, 0.25) is 0 Å². The molecule has 0 radical (unpaired) electrons. The van der Waals surface area contributed by atoms with Crippen molar-refractivity contribution in [2.24, 2.45) is 0 Å². The number of ether oxygens (including phenoxy) is 1. The van der Waals surface area contributed by atoms with E-state index in [0.29, 0.717) is 6.61 Å². The Morgan fingerprint density at radius 2 is 2.00 bits per heavy atom. The lowest BCUT2D eigenvalue weighted by atomic mass is 9.93.